The predicted octanol–water partition coefficient (Wildman–Crippen LogP) is 1.31. The van der Waals surface area contributed by atoms with Crippen molar-refractivity contribution in [3.8, 4) is 0 Å². The summed E-state index contributed by atoms with van der Waals surface area (Å²) >= 11 is 0. The van der Waals surface area contributed by atoms with Crippen LogP contribution in [0.15, 0.2) is 30.3 Å². The molecule has 0 radical (unpaired) electrons. The fraction of sp³-hybridized carbons (Fsp3) is 0.125. The molecule has 0 bridgehead atoms. The number of rotatable bonds is 2. The van der Waals surface area contributed by atoms with E-state index in [-0.39, 0.29) is 27.5 Å². The van der Waals surface area contributed by atoms with E-state index in [9.17, 15) is 4.79 Å². The number of carboxylic acid groups (broad SMARTS) is 1. The Balaban J connectivity index is 0.000001000. The van der Waals surface area contributed by atoms with Crippen LogP contribution in [0.1, 0.15) is 5.56 Å². The normalized spacial score (nSPS) is 8.36. The molecule has 0 aliphatic heterocycles. The van der Waals surface area contributed by atoms with Crippen molar-refractivity contribution in [1.29, 1.82) is 0 Å². The maximum absolute atomic E-state index is 10.2. The molecular formula is C8H8MoO2. The summed E-state index contributed by atoms with van der Waals surface area (Å²) in [4.78, 5) is 10.2. The van der Waals surface area contributed by atoms with E-state index in [1.807, 2.05) is 18.2 Å². The number of aliphatic carboxylic acids is 1. The molecule has 1 aromatic carbocycles. The van der Waals surface area contributed by atoms with Gasteiger partial charge in [-0.05, 0) is 5.56 Å². The van der Waals surface area contributed by atoms with Gasteiger partial charge >= 0.3 is 5.97 Å². The van der Waals surface area contributed by atoms with Crippen molar-refractivity contribution in [3.05, 3.63) is 35.9 Å². The molecule has 58 valence electrons. The molecule has 0 aliphatic rings. The van der Waals surface area contributed by atoms with Crippen LogP contribution in [0.3, 0.4) is 0 Å². The number of hydrogen-bond donors (Lipinski definition) is 1. The molecule has 2 nitrogen and oxygen atoms in total. The van der Waals surface area contributed by atoms with Gasteiger partial charge in [0.15, 0.2) is 0 Å². The summed E-state index contributed by atoms with van der Waals surface area (Å²) in [5.74, 6) is -0.786. The Kier molecular flexibility index (Phi) is 4.80. The van der Waals surface area contributed by atoms with Gasteiger partial charge in [-0.2, -0.15) is 0 Å². The third kappa shape index (κ3) is 3.94. The van der Waals surface area contributed by atoms with Crippen LogP contribution in [0.5, 0.6) is 0 Å². The number of carbonyl (C=O) groups is 1. The van der Waals surface area contributed by atoms with E-state index < -0.39 is 5.97 Å². The first kappa shape index (κ1) is 10.4. The maximum Gasteiger partial charge on any atom is 0.307 e. The average molecular weight is 232 g/mol. The van der Waals surface area contributed by atoms with Gasteiger partial charge in [0, 0.05) is 21.1 Å². The summed E-state index contributed by atoms with van der Waals surface area (Å²) in [5, 5.41) is 8.37. The van der Waals surface area contributed by atoms with Crippen molar-refractivity contribution in [1.82, 2.24) is 0 Å². The molecular weight excluding hydrogens is 224 g/mol. The van der Waals surface area contributed by atoms with Gasteiger partial charge in [-0.1, -0.05) is 30.3 Å². The van der Waals surface area contributed by atoms with Crippen molar-refractivity contribution < 1.29 is 31.0 Å². The molecule has 1 aromatic rings. The van der Waals surface area contributed by atoms with Crippen LogP contribution in [-0.4, -0.2) is 11.1 Å². The van der Waals surface area contributed by atoms with E-state index in [2.05, 4.69) is 0 Å². The number of benzene rings is 1. The fourth-order valence-electron chi connectivity index (χ4n) is 0.770. The molecule has 0 aliphatic carbocycles. The molecule has 0 saturated heterocycles. The van der Waals surface area contributed by atoms with E-state index in [1.54, 1.807) is 12.1 Å². The first-order valence-electron chi connectivity index (χ1n) is 3.05. The second kappa shape index (κ2) is 5.08. The Labute approximate surface area is 79.5 Å². The molecule has 11 heavy (non-hydrogen) atoms. The van der Waals surface area contributed by atoms with Crippen LogP contribution in [0.4, 0.5) is 0 Å². The van der Waals surface area contributed by atoms with Crippen molar-refractivity contribution in [2.45, 2.75) is 6.42 Å². The molecule has 0 unspecified atom stereocenters. The minimum Gasteiger partial charge on any atom is -0.481 e. The van der Waals surface area contributed by atoms with Crippen LogP contribution < -0.4 is 0 Å². The van der Waals surface area contributed by atoms with Crippen LogP contribution in [0, 0.1) is 0 Å². The van der Waals surface area contributed by atoms with E-state index in [4.69, 9.17) is 5.11 Å². The number of carboxylic acids is 1. The molecule has 0 heterocycles. The third-order valence-electron chi connectivity index (χ3n) is 1.20. The Morgan fingerprint density at radius 3 is 2.27 bits per heavy atom. The maximum atomic E-state index is 10.2. The van der Waals surface area contributed by atoms with Gasteiger partial charge in [-0.3, -0.25) is 4.79 Å². The molecule has 0 aromatic heterocycles. The van der Waals surface area contributed by atoms with E-state index in [0.717, 1.165) is 5.56 Å². The molecule has 0 spiro atoms. The summed E-state index contributed by atoms with van der Waals surface area (Å²) < 4.78 is 0. The van der Waals surface area contributed by atoms with Crippen LogP contribution in [0.2, 0.25) is 0 Å². The second-order valence-electron chi connectivity index (χ2n) is 2.06. The van der Waals surface area contributed by atoms with Crippen LogP contribution in [-0.2, 0) is 32.3 Å². The third-order valence-corrected chi connectivity index (χ3v) is 1.20. The Morgan fingerprint density at radius 1 is 1.27 bits per heavy atom. The van der Waals surface area contributed by atoms with Gasteiger partial charge in [0.1, 0.15) is 0 Å². The molecule has 1 N–H and O–H groups in total. The first-order valence-corrected chi connectivity index (χ1v) is 3.05. The predicted molar refractivity (Wildman–Crippen MR) is 37.8 cm³/mol. The average Bonchev–Trinajstić information content (AvgIpc) is 1.88. The first-order chi connectivity index (χ1) is 4.79. The van der Waals surface area contributed by atoms with Crippen molar-refractivity contribution >= 4 is 5.97 Å². The van der Waals surface area contributed by atoms with Crippen LogP contribution >= 0.6 is 0 Å². The van der Waals surface area contributed by atoms with Gasteiger partial charge < -0.3 is 5.11 Å². The minimum absolute atomic E-state index is 0. The quantitative estimate of drug-likeness (QED) is 0.780. The van der Waals surface area contributed by atoms with Crippen molar-refractivity contribution in [3.63, 3.8) is 0 Å². The van der Waals surface area contributed by atoms with Gasteiger partial charge in [0.25, 0.3) is 0 Å². The molecule has 0 saturated carbocycles. The standard InChI is InChI=1S/C8H8O2.Mo/c9-8(10)6-7-4-2-1-3-5-7;/h1-5H,6H2,(H,9,10);. The SMILES string of the molecule is O=C(O)Cc1ccccc1.[Mo]. The van der Waals surface area contributed by atoms with E-state index in [1.165, 1.54) is 0 Å². The molecule has 0 fully saturated rings. The van der Waals surface area contributed by atoms with Crippen LogP contribution in [0.25, 0.3) is 0 Å². The van der Waals surface area contributed by atoms with Gasteiger partial charge in [0.05, 0.1) is 6.42 Å². The topological polar surface area (TPSA) is 37.3 Å². The molecule has 0 atom stereocenters. The zero-order chi connectivity index (χ0) is 7.40. The zero-order valence-electron chi connectivity index (χ0n) is 5.86. The van der Waals surface area contributed by atoms with Gasteiger partial charge in [-0.25, -0.2) is 0 Å². The molecule has 1 rings (SSSR count). The summed E-state index contributed by atoms with van der Waals surface area (Å²) in [7, 11) is 0. The number of hydrogen-bond acceptors (Lipinski definition) is 1. The molecule has 0 amide bonds. The smallest absolute Gasteiger partial charge is 0.307 e. The zero-order valence-corrected chi connectivity index (χ0v) is 7.86. The summed E-state index contributed by atoms with van der Waals surface area (Å²) in [6, 6.07) is 9.13. The van der Waals surface area contributed by atoms with E-state index in [0.29, 0.717) is 0 Å². The van der Waals surface area contributed by atoms with Crippen molar-refractivity contribution in [2.24, 2.45) is 0 Å². The van der Waals surface area contributed by atoms with Gasteiger partial charge in [-0.15, -0.1) is 0 Å². The molecule has 3 heteroatoms. The van der Waals surface area contributed by atoms with Gasteiger partial charge in [0.2, 0.25) is 0 Å². The Morgan fingerprint density at radius 2 is 1.82 bits per heavy atom. The van der Waals surface area contributed by atoms with E-state index >= 15 is 0 Å². The Hall–Kier alpha value is -0.622. The largest absolute Gasteiger partial charge is 0.481 e. The monoisotopic (exact) mass is 234 g/mol. The second-order valence-corrected chi connectivity index (χ2v) is 2.06. The summed E-state index contributed by atoms with van der Waals surface area (Å²) in [5.41, 5.74) is 0.843. The fourth-order valence-corrected chi connectivity index (χ4v) is 0.770. The van der Waals surface area contributed by atoms with Crippen molar-refractivity contribution in [2.75, 3.05) is 0 Å². The summed E-state index contributed by atoms with van der Waals surface area (Å²) in [6.45, 7) is 0. The summed E-state index contributed by atoms with van der Waals surface area (Å²) in [6.07, 6.45) is 0.112. The minimum atomic E-state index is -0.786. The Bertz CT molecular complexity index is 221.